The van der Waals surface area contributed by atoms with Gasteiger partial charge in [-0.05, 0) is 31.4 Å². The minimum atomic E-state index is -0.544. The van der Waals surface area contributed by atoms with Gasteiger partial charge in [-0.1, -0.05) is 43.9 Å². The van der Waals surface area contributed by atoms with Crippen LogP contribution in [0.1, 0.15) is 44.1 Å². The fourth-order valence-electron chi connectivity index (χ4n) is 2.88. The number of benzene rings is 1. The zero-order valence-electron chi connectivity index (χ0n) is 11.9. The van der Waals surface area contributed by atoms with E-state index in [0.717, 1.165) is 36.9 Å². The Morgan fingerprint density at radius 1 is 1.16 bits per heavy atom. The fourth-order valence-corrected chi connectivity index (χ4v) is 2.88. The van der Waals surface area contributed by atoms with Crippen molar-refractivity contribution in [2.24, 2.45) is 0 Å². The highest BCUT2D eigenvalue weighted by molar-refractivity contribution is 5.84. The monoisotopic (exact) mass is 261 g/mol. The number of carbonyl (C=O) groups excluding carboxylic acids is 1. The molecule has 1 saturated carbocycles. The summed E-state index contributed by atoms with van der Waals surface area (Å²) in [6.45, 7) is 2.06. The average Bonchev–Trinajstić information content (AvgIpc) is 2.67. The first-order chi connectivity index (χ1) is 9.18. The van der Waals surface area contributed by atoms with E-state index in [0.29, 0.717) is 0 Å². The van der Waals surface area contributed by atoms with Gasteiger partial charge in [0.1, 0.15) is 5.54 Å². The van der Waals surface area contributed by atoms with E-state index in [1.165, 1.54) is 20.0 Å². The van der Waals surface area contributed by atoms with E-state index < -0.39 is 5.54 Å². The van der Waals surface area contributed by atoms with Crippen molar-refractivity contribution in [3.63, 3.8) is 0 Å². The van der Waals surface area contributed by atoms with Gasteiger partial charge in [0.2, 0.25) is 0 Å². The molecule has 0 saturated heterocycles. The SMILES string of the molecule is COC(=O)C1(Nc2ccccc2C)CCCCCC1. The number of ether oxygens (including phenoxy) is 1. The topological polar surface area (TPSA) is 38.3 Å². The third-order valence-corrected chi connectivity index (χ3v) is 4.05. The van der Waals surface area contributed by atoms with Crippen LogP contribution in [-0.4, -0.2) is 18.6 Å². The summed E-state index contributed by atoms with van der Waals surface area (Å²) in [4.78, 5) is 12.3. The maximum atomic E-state index is 12.3. The zero-order chi connectivity index (χ0) is 13.7. The van der Waals surface area contributed by atoms with E-state index >= 15 is 0 Å². The second kappa shape index (κ2) is 6.09. The maximum absolute atomic E-state index is 12.3. The van der Waals surface area contributed by atoms with Gasteiger partial charge in [0.25, 0.3) is 0 Å². The number of esters is 1. The smallest absolute Gasteiger partial charge is 0.331 e. The summed E-state index contributed by atoms with van der Waals surface area (Å²) in [7, 11) is 1.48. The third kappa shape index (κ3) is 3.09. The van der Waals surface area contributed by atoms with Gasteiger partial charge in [0.05, 0.1) is 7.11 Å². The van der Waals surface area contributed by atoms with Crippen molar-refractivity contribution in [3.8, 4) is 0 Å². The molecule has 1 fully saturated rings. The minimum Gasteiger partial charge on any atom is -0.467 e. The summed E-state index contributed by atoms with van der Waals surface area (Å²) in [6, 6.07) is 8.10. The lowest BCUT2D eigenvalue weighted by atomic mass is 9.89. The summed E-state index contributed by atoms with van der Waals surface area (Å²) in [5.41, 5.74) is 1.65. The molecule has 0 radical (unpaired) electrons. The van der Waals surface area contributed by atoms with Crippen LogP contribution in [0.15, 0.2) is 24.3 Å². The van der Waals surface area contributed by atoms with Gasteiger partial charge < -0.3 is 10.1 Å². The molecule has 0 atom stereocenters. The minimum absolute atomic E-state index is 0.127. The molecule has 2 rings (SSSR count). The lowest BCUT2D eigenvalue weighted by Crippen LogP contribution is -2.47. The second-order valence-corrected chi connectivity index (χ2v) is 5.43. The molecule has 0 heterocycles. The number of hydrogen-bond donors (Lipinski definition) is 1. The Morgan fingerprint density at radius 3 is 2.37 bits per heavy atom. The molecule has 3 heteroatoms. The van der Waals surface area contributed by atoms with Gasteiger partial charge in [-0.25, -0.2) is 4.79 Å². The average molecular weight is 261 g/mol. The Kier molecular flexibility index (Phi) is 4.46. The first-order valence-corrected chi connectivity index (χ1v) is 7.10. The number of para-hydroxylation sites is 1. The van der Waals surface area contributed by atoms with Crippen LogP contribution in [0.2, 0.25) is 0 Å². The molecule has 0 aromatic heterocycles. The zero-order valence-corrected chi connectivity index (χ0v) is 11.9. The molecule has 1 aliphatic rings. The fraction of sp³-hybridized carbons (Fsp3) is 0.562. The highest BCUT2D eigenvalue weighted by Crippen LogP contribution is 2.32. The van der Waals surface area contributed by atoms with E-state index in [1.807, 2.05) is 18.2 Å². The predicted molar refractivity (Wildman–Crippen MR) is 77.3 cm³/mol. The molecule has 0 aliphatic heterocycles. The van der Waals surface area contributed by atoms with Crippen LogP contribution in [0, 0.1) is 6.92 Å². The Hall–Kier alpha value is -1.51. The Balaban J connectivity index is 2.27. The summed E-state index contributed by atoms with van der Waals surface area (Å²) in [6.07, 6.45) is 6.27. The lowest BCUT2D eigenvalue weighted by Gasteiger charge is -2.32. The molecule has 19 heavy (non-hydrogen) atoms. The highest BCUT2D eigenvalue weighted by atomic mass is 16.5. The van der Waals surface area contributed by atoms with E-state index in [-0.39, 0.29) is 5.97 Å². The van der Waals surface area contributed by atoms with Crippen molar-refractivity contribution in [1.82, 2.24) is 0 Å². The van der Waals surface area contributed by atoms with Gasteiger partial charge in [0.15, 0.2) is 0 Å². The number of anilines is 1. The van der Waals surface area contributed by atoms with Gasteiger partial charge in [-0.15, -0.1) is 0 Å². The van der Waals surface area contributed by atoms with Gasteiger partial charge in [-0.2, -0.15) is 0 Å². The normalized spacial score (nSPS) is 18.4. The number of rotatable bonds is 3. The summed E-state index contributed by atoms with van der Waals surface area (Å²) in [5.74, 6) is -0.127. The van der Waals surface area contributed by atoms with Crippen LogP contribution in [0.5, 0.6) is 0 Å². The molecule has 0 amide bonds. The van der Waals surface area contributed by atoms with Crippen LogP contribution in [0.4, 0.5) is 5.69 Å². The summed E-state index contributed by atoms with van der Waals surface area (Å²) >= 11 is 0. The largest absolute Gasteiger partial charge is 0.467 e. The maximum Gasteiger partial charge on any atom is 0.331 e. The number of aryl methyl sites for hydroxylation is 1. The summed E-state index contributed by atoms with van der Waals surface area (Å²) < 4.78 is 5.06. The van der Waals surface area contributed by atoms with Crippen molar-refractivity contribution in [2.45, 2.75) is 51.0 Å². The number of methoxy groups -OCH3 is 1. The number of hydrogen-bond acceptors (Lipinski definition) is 3. The third-order valence-electron chi connectivity index (χ3n) is 4.05. The van der Waals surface area contributed by atoms with Crippen molar-refractivity contribution >= 4 is 11.7 Å². The first kappa shape index (κ1) is 13.9. The molecule has 1 aliphatic carbocycles. The molecule has 1 aromatic carbocycles. The number of carbonyl (C=O) groups is 1. The van der Waals surface area contributed by atoms with Gasteiger partial charge in [-0.3, -0.25) is 0 Å². The first-order valence-electron chi connectivity index (χ1n) is 7.10. The van der Waals surface area contributed by atoms with Crippen molar-refractivity contribution < 1.29 is 9.53 Å². The number of nitrogens with one attached hydrogen (secondary N) is 1. The van der Waals surface area contributed by atoms with Crippen LogP contribution in [-0.2, 0) is 9.53 Å². The van der Waals surface area contributed by atoms with Gasteiger partial charge in [0, 0.05) is 5.69 Å². The molecule has 1 N–H and O–H groups in total. The van der Waals surface area contributed by atoms with Crippen LogP contribution in [0.3, 0.4) is 0 Å². The predicted octanol–water partition coefficient (Wildman–Crippen LogP) is 3.67. The highest BCUT2D eigenvalue weighted by Gasteiger charge is 2.39. The van der Waals surface area contributed by atoms with Crippen LogP contribution in [0.25, 0.3) is 0 Å². The van der Waals surface area contributed by atoms with E-state index in [4.69, 9.17) is 4.74 Å². The van der Waals surface area contributed by atoms with Crippen molar-refractivity contribution in [2.75, 3.05) is 12.4 Å². The standard InChI is InChI=1S/C16H23NO2/c1-13-9-5-6-10-14(13)17-16(15(18)19-2)11-7-3-4-8-12-16/h5-6,9-10,17H,3-4,7-8,11-12H2,1-2H3. The molecule has 1 aromatic rings. The molecule has 3 nitrogen and oxygen atoms in total. The van der Waals surface area contributed by atoms with E-state index in [2.05, 4.69) is 18.3 Å². The van der Waals surface area contributed by atoms with E-state index in [1.54, 1.807) is 0 Å². The molecular weight excluding hydrogens is 238 g/mol. The molecule has 0 spiro atoms. The quantitative estimate of drug-likeness (QED) is 0.666. The molecular formula is C16H23NO2. The lowest BCUT2D eigenvalue weighted by molar-refractivity contribution is -0.146. The second-order valence-electron chi connectivity index (χ2n) is 5.43. The van der Waals surface area contributed by atoms with Crippen LogP contribution >= 0.6 is 0 Å². The summed E-state index contributed by atoms with van der Waals surface area (Å²) in [5, 5.41) is 3.48. The molecule has 0 bridgehead atoms. The van der Waals surface area contributed by atoms with E-state index in [9.17, 15) is 4.79 Å². The Labute approximate surface area is 115 Å². The molecule has 0 unspecified atom stereocenters. The Morgan fingerprint density at radius 2 is 1.79 bits per heavy atom. The Bertz CT molecular complexity index is 434. The van der Waals surface area contributed by atoms with Crippen LogP contribution < -0.4 is 5.32 Å². The van der Waals surface area contributed by atoms with Crippen molar-refractivity contribution in [1.29, 1.82) is 0 Å². The van der Waals surface area contributed by atoms with Crippen molar-refractivity contribution in [3.05, 3.63) is 29.8 Å². The van der Waals surface area contributed by atoms with Gasteiger partial charge >= 0.3 is 5.97 Å². The molecule has 104 valence electrons.